The zero-order valence-electron chi connectivity index (χ0n) is 9.82. The summed E-state index contributed by atoms with van der Waals surface area (Å²) in [4.78, 5) is 0. The highest BCUT2D eigenvalue weighted by molar-refractivity contribution is 7.85. The van der Waals surface area contributed by atoms with E-state index in [0.717, 1.165) is 11.1 Å². The predicted octanol–water partition coefficient (Wildman–Crippen LogP) is 2.37. The molecule has 0 spiro atoms. The lowest BCUT2D eigenvalue weighted by Gasteiger charge is -1.89. The molecule has 0 bridgehead atoms. The van der Waals surface area contributed by atoms with Crippen molar-refractivity contribution in [2.24, 2.45) is 0 Å². The minimum atomic E-state index is -0.998. The van der Waals surface area contributed by atoms with Gasteiger partial charge in [-0.1, -0.05) is 48.5 Å². The summed E-state index contributed by atoms with van der Waals surface area (Å²) in [6.45, 7) is 5.48. The Balaban J connectivity index is 2.42. The van der Waals surface area contributed by atoms with E-state index in [9.17, 15) is 4.21 Å². The first-order chi connectivity index (χ1) is 8.18. The SMILES string of the molecule is C=C(C)C#CCS(=O)CC#Cc1ccccc1. The molecule has 1 atom stereocenters. The molecule has 0 aliphatic carbocycles. The molecule has 2 heteroatoms. The van der Waals surface area contributed by atoms with Crippen LogP contribution in [0.15, 0.2) is 42.5 Å². The normalized spacial score (nSPS) is 10.4. The maximum Gasteiger partial charge on any atom is 0.0860 e. The summed E-state index contributed by atoms with van der Waals surface area (Å²) in [6, 6.07) is 9.66. The summed E-state index contributed by atoms with van der Waals surface area (Å²) in [6.07, 6.45) is 0. The standard InChI is InChI=1S/C15H14OS/c1-14(2)8-6-12-17(16)13-7-11-15-9-4-3-5-10-15/h3-5,9-10H,1,12-13H2,2H3. The molecule has 0 N–H and O–H groups in total. The van der Waals surface area contributed by atoms with Gasteiger partial charge in [-0.05, 0) is 24.6 Å². The molecular weight excluding hydrogens is 228 g/mol. The van der Waals surface area contributed by atoms with E-state index >= 15 is 0 Å². The predicted molar refractivity (Wildman–Crippen MR) is 73.8 cm³/mol. The summed E-state index contributed by atoms with van der Waals surface area (Å²) < 4.78 is 11.5. The fraction of sp³-hybridized carbons (Fsp3) is 0.200. The van der Waals surface area contributed by atoms with Gasteiger partial charge in [-0.3, -0.25) is 4.21 Å². The van der Waals surface area contributed by atoms with E-state index in [-0.39, 0.29) is 0 Å². The third-order valence-electron chi connectivity index (χ3n) is 1.77. The molecule has 0 aliphatic rings. The Kier molecular flexibility index (Phi) is 5.86. The molecule has 17 heavy (non-hydrogen) atoms. The molecule has 0 radical (unpaired) electrons. The van der Waals surface area contributed by atoms with Crippen LogP contribution in [0, 0.1) is 23.7 Å². The maximum absolute atomic E-state index is 11.5. The van der Waals surface area contributed by atoms with E-state index in [1.54, 1.807) is 0 Å². The van der Waals surface area contributed by atoms with Gasteiger partial charge in [0.25, 0.3) is 0 Å². The Bertz CT molecular complexity index is 521. The molecule has 0 saturated carbocycles. The van der Waals surface area contributed by atoms with Crippen LogP contribution in [0.3, 0.4) is 0 Å². The van der Waals surface area contributed by atoms with Crippen LogP contribution in [-0.2, 0) is 10.8 Å². The van der Waals surface area contributed by atoms with Crippen LogP contribution in [-0.4, -0.2) is 15.7 Å². The molecule has 0 fully saturated rings. The summed E-state index contributed by atoms with van der Waals surface area (Å²) >= 11 is 0. The van der Waals surface area contributed by atoms with Crippen molar-refractivity contribution in [1.82, 2.24) is 0 Å². The molecule has 0 amide bonds. The zero-order chi connectivity index (χ0) is 12.5. The molecule has 1 nitrogen and oxygen atoms in total. The quantitative estimate of drug-likeness (QED) is 0.728. The Morgan fingerprint density at radius 3 is 2.53 bits per heavy atom. The molecule has 1 rings (SSSR count). The van der Waals surface area contributed by atoms with Gasteiger partial charge >= 0.3 is 0 Å². The first-order valence-electron chi connectivity index (χ1n) is 5.22. The number of hydrogen-bond donors (Lipinski definition) is 0. The Morgan fingerprint density at radius 2 is 1.88 bits per heavy atom. The monoisotopic (exact) mass is 242 g/mol. The number of allylic oxidation sites excluding steroid dienone is 1. The maximum atomic E-state index is 11.5. The van der Waals surface area contributed by atoms with Crippen LogP contribution in [0.1, 0.15) is 12.5 Å². The van der Waals surface area contributed by atoms with Gasteiger partial charge in [0.05, 0.1) is 11.5 Å². The van der Waals surface area contributed by atoms with Crippen molar-refractivity contribution in [2.75, 3.05) is 11.5 Å². The highest BCUT2D eigenvalue weighted by Crippen LogP contribution is 1.94. The Hall–Kier alpha value is -1.77. The highest BCUT2D eigenvalue weighted by Gasteiger charge is 1.92. The summed E-state index contributed by atoms with van der Waals surface area (Å²) in [7, 11) is -0.998. The van der Waals surface area contributed by atoms with E-state index in [0.29, 0.717) is 11.5 Å². The number of benzene rings is 1. The molecule has 1 aromatic rings. The summed E-state index contributed by atoms with van der Waals surface area (Å²) in [5.74, 6) is 12.2. The van der Waals surface area contributed by atoms with Crippen molar-refractivity contribution >= 4 is 10.8 Å². The molecular formula is C15H14OS. The third kappa shape index (κ3) is 6.40. The van der Waals surface area contributed by atoms with E-state index in [1.165, 1.54) is 0 Å². The lowest BCUT2D eigenvalue weighted by Crippen LogP contribution is -1.98. The Morgan fingerprint density at radius 1 is 1.24 bits per heavy atom. The van der Waals surface area contributed by atoms with Crippen LogP contribution in [0.25, 0.3) is 0 Å². The van der Waals surface area contributed by atoms with Gasteiger partial charge in [0.1, 0.15) is 0 Å². The van der Waals surface area contributed by atoms with E-state index in [1.807, 2.05) is 37.3 Å². The molecule has 0 saturated heterocycles. The third-order valence-corrected chi connectivity index (χ3v) is 2.71. The lowest BCUT2D eigenvalue weighted by atomic mass is 10.2. The van der Waals surface area contributed by atoms with E-state index in [4.69, 9.17) is 0 Å². The molecule has 0 aromatic heterocycles. The number of rotatable bonds is 2. The van der Waals surface area contributed by atoms with Crippen molar-refractivity contribution in [3.63, 3.8) is 0 Å². The largest absolute Gasteiger partial charge is 0.258 e. The van der Waals surface area contributed by atoms with Crippen molar-refractivity contribution in [2.45, 2.75) is 6.92 Å². The zero-order valence-corrected chi connectivity index (χ0v) is 10.6. The summed E-state index contributed by atoms with van der Waals surface area (Å²) in [5, 5.41) is 0. The van der Waals surface area contributed by atoms with Crippen LogP contribution >= 0.6 is 0 Å². The molecule has 0 heterocycles. The molecule has 86 valence electrons. The van der Waals surface area contributed by atoms with E-state index < -0.39 is 10.8 Å². The first kappa shape index (κ1) is 13.3. The summed E-state index contributed by atoms with van der Waals surface area (Å²) in [5.41, 5.74) is 1.73. The van der Waals surface area contributed by atoms with Gasteiger partial charge in [-0.25, -0.2) is 0 Å². The van der Waals surface area contributed by atoms with E-state index in [2.05, 4.69) is 30.3 Å². The van der Waals surface area contributed by atoms with Crippen molar-refractivity contribution in [1.29, 1.82) is 0 Å². The van der Waals surface area contributed by atoms with Crippen molar-refractivity contribution in [3.8, 4) is 23.7 Å². The van der Waals surface area contributed by atoms with Gasteiger partial charge in [-0.2, -0.15) is 0 Å². The average molecular weight is 242 g/mol. The molecule has 1 unspecified atom stereocenters. The van der Waals surface area contributed by atoms with Crippen LogP contribution < -0.4 is 0 Å². The van der Waals surface area contributed by atoms with Gasteiger partial charge < -0.3 is 0 Å². The minimum absolute atomic E-state index is 0.357. The second kappa shape index (κ2) is 7.49. The van der Waals surface area contributed by atoms with Gasteiger partial charge in [-0.15, -0.1) is 0 Å². The highest BCUT2D eigenvalue weighted by atomic mass is 32.2. The first-order valence-corrected chi connectivity index (χ1v) is 6.70. The molecule has 0 aliphatic heterocycles. The topological polar surface area (TPSA) is 17.1 Å². The van der Waals surface area contributed by atoms with Gasteiger partial charge in [0.2, 0.25) is 0 Å². The fourth-order valence-corrected chi connectivity index (χ4v) is 1.63. The van der Waals surface area contributed by atoms with Gasteiger partial charge in [0, 0.05) is 16.4 Å². The van der Waals surface area contributed by atoms with Crippen molar-refractivity contribution in [3.05, 3.63) is 48.0 Å². The van der Waals surface area contributed by atoms with Crippen LogP contribution in [0.2, 0.25) is 0 Å². The van der Waals surface area contributed by atoms with Crippen LogP contribution in [0.5, 0.6) is 0 Å². The van der Waals surface area contributed by atoms with Crippen molar-refractivity contribution < 1.29 is 4.21 Å². The fourth-order valence-electron chi connectivity index (χ4n) is 1.06. The van der Waals surface area contributed by atoms with Gasteiger partial charge in [0.15, 0.2) is 0 Å². The second-order valence-corrected chi connectivity index (χ2v) is 4.94. The minimum Gasteiger partial charge on any atom is -0.258 e. The molecule has 1 aromatic carbocycles. The Labute approximate surface area is 105 Å². The average Bonchev–Trinajstić information content (AvgIpc) is 2.30. The lowest BCUT2D eigenvalue weighted by molar-refractivity contribution is 0.687. The second-order valence-electron chi connectivity index (χ2n) is 3.48. The smallest absolute Gasteiger partial charge is 0.0860 e. The van der Waals surface area contributed by atoms with Crippen LogP contribution in [0.4, 0.5) is 0 Å². The number of hydrogen-bond acceptors (Lipinski definition) is 1.